The summed E-state index contributed by atoms with van der Waals surface area (Å²) >= 11 is 0. The van der Waals surface area contributed by atoms with E-state index in [9.17, 15) is 4.79 Å². The molecule has 0 aliphatic carbocycles. The second-order valence-electron chi connectivity index (χ2n) is 3.41. The van der Waals surface area contributed by atoms with Crippen molar-refractivity contribution in [3.05, 3.63) is 24.0 Å². The van der Waals surface area contributed by atoms with Gasteiger partial charge >= 0.3 is 6.09 Å². The van der Waals surface area contributed by atoms with Crippen molar-refractivity contribution in [2.24, 2.45) is 7.05 Å². The van der Waals surface area contributed by atoms with Crippen LogP contribution in [0.2, 0.25) is 0 Å². The third kappa shape index (κ3) is 1.63. The minimum absolute atomic E-state index is 0.487. The van der Waals surface area contributed by atoms with E-state index in [0.29, 0.717) is 5.69 Å². The second kappa shape index (κ2) is 3.27. The lowest BCUT2D eigenvalue weighted by atomic mass is 10.3. The molecular weight excluding hydrogens is 194 g/mol. The normalized spacial score (nSPS) is 10.5. The summed E-state index contributed by atoms with van der Waals surface area (Å²) in [5.74, 6) is 0. The highest BCUT2D eigenvalue weighted by molar-refractivity contribution is 5.87. The number of carboxylic acid groups (broad SMARTS) is 1. The number of fused-ring (bicyclic) bond motifs is 1. The van der Waals surface area contributed by atoms with Gasteiger partial charge in [0.15, 0.2) is 0 Å². The Balaban J connectivity index is 2.52. The van der Waals surface area contributed by atoms with Crippen LogP contribution in [0.5, 0.6) is 0 Å². The molecule has 2 N–H and O–H groups in total. The van der Waals surface area contributed by atoms with E-state index < -0.39 is 6.09 Å². The molecule has 0 bridgehead atoms. The molecule has 0 atom stereocenters. The smallest absolute Gasteiger partial charge is 0.409 e. The molecule has 2 heterocycles. The molecule has 2 aromatic heterocycles. The van der Waals surface area contributed by atoms with Crippen molar-refractivity contribution < 1.29 is 9.90 Å². The third-order valence-electron chi connectivity index (χ3n) is 2.36. The average molecular weight is 205 g/mol. The Hall–Kier alpha value is -2.04. The molecule has 0 radical (unpaired) electrons. The standard InChI is InChI=1S/C10H11N3O2/c1-6-3-7-4-8(12-10(14)15)5-11-9(7)13(6)2/h3-5,12H,1-2H3,(H,14,15). The lowest BCUT2D eigenvalue weighted by Gasteiger charge is -2.01. The van der Waals surface area contributed by atoms with Crippen molar-refractivity contribution in [3.63, 3.8) is 0 Å². The summed E-state index contributed by atoms with van der Waals surface area (Å²) < 4.78 is 1.96. The first-order chi connectivity index (χ1) is 7.08. The number of rotatable bonds is 1. The van der Waals surface area contributed by atoms with Gasteiger partial charge in [-0.1, -0.05) is 0 Å². The van der Waals surface area contributed by atoms with Crippen LogP contribution in [0, 0.1) is 6.92 Å². The topological polar surface area (TPSA) is 67.2 Å². The van der Waals surface area contributed by atoms with Crippen molar-refractivity contribution in [3.8, 4) is 0 Å². The van der Waals surface area contributed by atoms with E-state index in [2.05, 4.69) is 10.3 Å². The van der Waals surface area contributed by atoms with Crippen molar-refractivity contribution in [2.45, 2.75) is 6.92 Å². The number of amides is 1. The Morgan fingerprint density at radius 1 is 1.53 bits per heavy atom. The molecular formula is C10H11N3O2. The van der Waals surface area contributed by atoms with Gasteiger partial charge in [0.05, 0.1) is 11.9 Å². The Kier molecular flexibility index (Phi) is 2.07. The molecule has 0 fully saturated rings. The Bertz CT molecular complexity index is 531. The van der Waals surface area contributed by atoms with E-state index in [1.807, 2.05) is 24.6 Å². The predicted octanol–water partition coefficient (Wildman–Crippen LogP) is 1.97. The van der Waals surface area contributed by atoms with Crippen LogP contribution in [-0.4, -0.2) is 20.8 Å². The predicted molar refractivity (Wildman–Crippen MR) is 57.1 cm³/mol. The number of aryl methyl sites for hydroxylation is 2. The number of anilines is 1. The first kappa shape index (κ1) is 9.51. The molecule has 0 unspecified atom stereocenters. The first-order valence-electron chi connectivity index (χ1n) is 4.50. The average Bonchev–Trinajstić information content (AvgIpc) is 2.41. The maximum atomic E-state index is 10.4. The molecule has 5 heteroatoms. The van der Waals surface area contributed by atoms with Crippen LogP contribution in [0.3, 0.4) is 0 Å². The molecule has 0 spiro atoms. The fraction of sp³-hybridized carbons (Fsp3) is 0.200. The van der Waals surface area contributed by atoms with Crippen molar-refractivity contribution in [2.75, 3.05) is 5.32 Å². The van der Waals surface area contributed by atoms with Crippen LogP contribution < -0.4 is 5.32 Å². The van der Waals surface area contributed by atoms with E-state index in [-0.39, 0.29) is 0 Å². The van der Waals surface area contributed by atoms with E-state index in [0.717, 1.165) is 16.7 Å². The van der Waals surface area contributed by atoms with Crippen molar-refractivity contribution in [1.82, 2.24) is 9.55 Å². The maximum absolute atomic E-state index is 10.4. The van der Waals surface area contributed by atoms with Crippen LogP contribution >= 0.6 is 0 Å². The van der Waals surface area contributed by atoms with Gasteiger partial charge in [-0.25, -0.2) is 9.78 Å². The van der Waals surface area contributed by atoms with Gasteiger partial charge in [0, 0.05) is 18.1 Å². The van der Waals surface area contributed by atoms with Gasteiger partial charge in [-0.3, -0.25) is 5.32 Å². The molecule has 5 nitrogen and oxygen atoms in total. The summed E-state index contributed by atoms with van der Waals surface area (Å²) in [5, 5.41) is 11.8. The van der Waals surface area contributed by atoms with Gasteiger partial charge in [0.25, 0.3) is 0 Å². The second-order valence-corrected chi connectivity index (χ2v) is 3.41. The SMILES string of the molecule is Cc1cc2cc(NC(=O)O)cnc2n1C. The van der Waals surface area contributed by atoms with Crippen molar-refractivity contribution in [1.29, 1.82) is 0 Å². The van der Waals surface area contributed by atoms with Crippen LogP contribution in [0.1, 0.15) is 5.69 Å². The zero-order valence-corrected chi connectivity index (χ0v) is 8.48. The number of hydrogen-bond donors (Lipinski definition) is 2. The fourth-order valence-corrected chi connectivity index (χ4v) is 1.54. The van der Waals surface area contributed by atoms with Crippen LogP contribution in [-0.2, 0) is 7.05 Å². The zero-order valence-electron chi connectivity index (χ0n) is 8.48. The van der Waals surface area contributed by atoms with E-state index in [1.165, 1.54) is 6.20 Å². The number of aromatic nitrogens is 2. The molecule has 0 aliphatic heterocycles. The van der Waals surface area contributed by atoms with Crippen LogP contribution in [0.25, 0.3) is 11.0 Å². The summed E-state index contributed by atoms with van der Waals surface area (Å²) in [6.45, 7) is 1.98. The monoisotopic (exact) mass is 205 g/mol. The number of hydrogen-bond acceptors (Lipinski definition) is 2. The lowest BCUT2D eigenvalue weighted by Crippen LogP contribution is -2.07. The Labute approximate surface area is 86.4 Å². The molecule has 78 valence electrons. The maximum Gasteiger partial charge on any atom is 0.409 e. The van der Waals surface area contributed by atoms with Gasteiger partial charge in [0.2, 0.25) is 0 Å². The minimum Gasteiger partial charge on any atom is -0.465 e. The summed E-state index contributed by atoms with van der Waals surface area (Å²) in [5.41, 5.74) is 2.43. The summed E-state index contributed by atoms with van der Waals surface area (Å²) in [4.78, 5) is 14.6. The molecule has 2 rings (SSSR count). The quantitative estimate of drug-likeness (QED) is 0.747. The minimum atomic E-state index is -1.08. The van der Waals surface area contributed by atoms with Gasteiger partial charge < -0.3 is 9.67 Å². The number of carbonyl (C=O) groups is 1. The zero-order chi connectivity index (χ0) is 11.0. The van der Waals surface area contributed by atoms with E-state index in [1.54, 1.807) is 6.07 Å². The summed E-state index contributed by atoms with van der Waals surface area (Å²) in [6.07, 6.45) is 0.430. The molecule has 2 aromatic rings. The van der Waals surface area contributed by atoms with Crippen LogP contribution in [0.4, 0.5) is 10.5 Å². The van der Waals surface area contributed by atoms with Gasteiger partial charge in [-0.05, 0) is 19.1 Å². The lowest BCUT2D eigenvalue weighted by molar-refractivity contribution is 0.209. The summed E-state index contributed by atoms with van der Waals surface area (Å²) in [6, 6.07) is 3.73. The highest BCUT2D eigenvalue weighted by Gasteiger charge is 2.05. The molecule has 1 amide bonds. The van der Waals surface area contributed by atoms with Gasteiger partial charge in [0.1, 0.15) is 5.65 Å². The van der Waals surface area contributed by atoms with Crippen molar-refractivity contribution >= 4 is 22.8 Å². The van der Waals surface area contributed by atoms with Gasteiger partial charge in [-0.15, -0.1) is 0 Å². The highest BCUT2D eigenvalue weighted by atomic mass is 16.4. The largest absolute Gasteiger partial charge is 0.465 e. The molecule has 15 heavy (non-hydrogen) atoms. The number of nitrogens with zero attached hydrogens (tertiary/aromatic N) is 2. The Morgan fingerprint density at radius 2 is 2.27 bits per heavy atom. The number of nitrogens with one attached hydrogen (secondary N) is 1. The first-order valence-corrected chi connectivity index (χ1v) is 4.50. The molecule has 0 aromatic carbocycles. The Morgan fingerprint density at radius 3 is 2.93 bits per heavy atom. The third-order valence-corrected chi connectivity index (χ3v) is 2.36. The molecule has 0 saturated heterocycles. The molecule has 0 aliphatic rings. The van der Waals surface area contributed by atoms with E-state index in [4.69, 9.17) is 5.11 Å². The van der Waals surface area contributed by atoms with E-state index >= 15 is 0 Å². The fourth-order valence-electron chi connectivity index (χ4n) is 1.54. The summed E-state index contributed by atoms with van der Waals surface area (Å²) in [7, 11) is 1.93. The molecule has 0 saturated carbocycles. The highest BCUT2D eigenvalue weighted by Crippen LogP contribution is 2.19. The van der Waals surface area contributed by atoms with Crippen LogP contribution in [0.15, 0.2) is 18.3 Å². The number of pyridine rings is 1. The van der Waals surface area contributed by atoms with Gasteiger partial charge in [-0.2, -0.15) is 0 Å².